The number of hydrogen-bond acceptors (Lipinski definition) is 4. The molecule has 0 aliphatic carbocycles. The molecule has 1 amide bonds. The predicted octanol–water partition coefficient (Wildman–Crippen LogP) is 3.13. The third kappa shape index (κ3) is 4.03. The summed E-state index contributed by atoms with van der Waals surface area (Å²) in [7, 11) is 1.62. The monoisotopic (exact) mass is 353 g/mol. The van der Waals surface area contributed by atoms with Crippen molar-refractivity contribution in [3.63, 3.8) is 0 Å². The highest BCUT2D eigenvalue weighted by atomic mass is 16.5. The third-order valence-corrected chi connectivity index (χ3v) is 4.38. The normalized spacial score (nSPS) is 10.9. The summed E-state index contributed by atoms with van der Waals surface area (Å²) in [5, 5.41) is 3.99. The van der Waals surface area contributed by atoms with E-state index in [1.165, 1.54) is 11.1 Å². The first-order valence-corrected chi connectivity index (χ1v) is 8.52. The van der Waals surface area contributed by atoms with Crippen LogP contribution in [0, 0.1) is 13.8 Å². The summed E-state index contributed by atoms with van der Waals surface area (Å²) < 4.78 is 10.3. The van der Waals surface area contributed by atoms with Crippen molar-refractivity contribution in [2.75, 3.05) is 20.3 Å². The van der Waals surface area contributed by atoms with Gasteiger partial charge in [0.2, 0.25) is 5.88 Å². The minimum Gasteiger partial charge on any atom is -0.475 e. The second kappa shape index (κ2) is 8.01. The molecule has 0 aliphatic heterocycles. The van der Waals surface area contributed by atoms with Crippen molar-refractivity contribution in [2.24, 2.45) is 0 Å². The number of hydrogen-bond donors (Lipinski definition) is 2. The van der Waals surface area contributed by atoms with Gasteiger partial charge in [-0.15, -0.1) is 0 Å². The minimum absolute atomic E-state index is 0.140. The van der Waals surface area contributed by atoms with Gasteiger partial charge in [-0.1, -0.05) is 12.1 Å². The quantitative estimate of drug-likeness (QED) is 0.640. The van der Waals surface area contributed by atoms with E-state index in [0.717, 1.165) is 16.5 Å². The maximum Gasteiger partial charge on any atom is 0.267 e. The summed E-state index contributed by atoms with van der Waals surface area (Å²) >= 11 is 0. The highest BCUT2D eigenvalue weighted by molar-refractivity contribution is 5.99. The Morgan fingerprint density at radius 2 is 2.04 bits per heavy atom. The van der Waals surface area contributed by atoms with Gasteiger partial charge in [-0.05, 0) is 42.7 Å². The Morgan fingerprint density at radius 1 is 1.19 bits per heavy atom. The Balaban J connectivity index is 1.61. The van der Waals surface area contributed by atoms with Gasteiger partial charge >= 0.3 is 0 Å². The molecule has 0 saturated heterocycles. The molecule has 26 heavy (non-hydrogen) atoms. The number of pyridine rings is 1. The second-order valence-corrected chi connectivity index (χ2v) is 6.18. The number of carbonyl (C=O) groups excluding carboxylic acids is 1. The molecule has 0 unspecified atom stereocenters. The van der Waals surface area contributed by atoms with E-state index in [-0.39, 0.29) is 5.91 Å². The molecule has 0 fully saturated rings. The van der Waals surface area contributed by atoms with E-state index in [9.17, 15) is 4.79 Å². The van der Waals surface area contributed by atoms with Crippen molar-refractivity contribution >= 4 is 16.8 Å². The van der Waals surface area contributed by atoms with Crippen LogP contribution in [0.25, 0.3) is 10.9 Å². The molecule has 0 bridgehead atoms. The molecule has 0 radical (unpaired) electrons. The zero-order chi connectivity index (χ0) is 18.5. The molecule has 2 aromatic heterocycles. The Hall–Kier alpha value is -2.86. The van der Waals surface area contributed by atoms with Gasteiger partial charge in [0.1, 0.15) is 12.3 Å². The van der Waals surface area contributed by atoms with Gasteiger partial charge in [0, 0.05) is 36.8 Å². The lowest BCUT2D eigenvalue weighted by atomic mass is 10.1. The topological polar surface area (TPSA) is 76.2 Å². The molecule has 6 heteroatoms. The van der Waals surface area contributed by atoms with Crippen LogP contribution in [0.1, 0.15) is 27.2 Å². The fraction of sp³-hybridized carbons (Fsp3) is 0.300. The van der Waals surface area contributed by atoms with Crippen LogP contribution >= 0.6 is 0 Å². The fourth-order valence-electron chi connectivity index (χ4n) is 2.69. The lowest BCUT2D eigenvalue weighted by Crippen LogP contribution is -2.23. The van der Waals surface area contributed by atoms with Gasteiger partial charge in [-0.2, -0.15) is 0 Å². The van der Waals surface area contributed by atoms with Gasteiger partial charge in [0.25, 0.3) is 5.91 Å². The Morgan fingerprint density at radius 3 is 2.77 bits per heavy atom. The maximum absolute atomic E-state index is 12.4. The van der Waals surface area contributed by atoms with Crippen molar-refractivity contribution in [3.05, 3.63) is 58.9 Å². The number of ether oxygens (including phenoxy) is 2. The number of fused-ring (bicyclic) bond motifs is 1. The van der Waals surface area contributed by atoms with Gasteiger partial charge in [0.15, 0.2) is 0 Å². The summed E-state index contributed by atoms with van der Waals surface area (Å²) in [5.74, 6) is 0.400. The highest BCUT2D eigenvalue weighted by Gasteiger charge is 2.11. The number of amides is 1. The number of aromatic nitrogens is 2. The average molecular weight is 353 g/mol. The van der Waals surface area contributed by atoms with E-state index >= 15 is 0 Å². The zero-order valence-corrected chi connectivity index (χ0v) is 15.3. The van der Waals surface area contributed by atoms with E-state index in [2.05, 4.69) is 35.2 Å². The van der Waals surface area contributed by atoms with Crippen LogP contribution in [-0.2, 0) is 11.3 Å². The van der Waals surface area contributed by atoms with Crippen LogP contribution in [0.3, 0.4) is 0 Å². The molecule has 0 spiro atoms. The lowest BCUT2D eigenvalue weighted by Gasteiger charge is -2.06. The highest BCUT2D eigenvalue weighted by Crippen LogP contribution is 2.22. The van der Waals surface area contributed by atoms with Crippen LogP contribution in [0.2, 0.25) is 0 Å². The van der Waals surface area contributed by atoms with E-state index < -0.39 is 0 Å². The molecular weight excluding hydrogens is 330 g/mol. The van der Waals surface area contributed by atoms with Crippen LogP contribution in [0.5, 0.6) is 5.88 Å². The number of H-pyrrole nitrogens is 1. The van der Waals surface area contributed by atoms with E-state index in [0.29, 0.717) is 31.3 Å². The first-order valence-electron chi connectivity index (χ1n) is 8.52. The summed E-state index contributed by atoms with van der Waals surface area (Å²) in [6.45, 7) is 5.51. The van der Waals surface area contributed by atoms with E-state index in [1.54, 1.807) is 19.4 Å². The lowest BCUT2D eigenvalue weighted by molar-refractivity contribution is 0.0946. The second-order valence-electron chi connectivity index (χ2n) is 6.18. The SMILES string of the molecule is COCCOc1ccc(CNC(=O)c2cc3c(C)c(C)ccc3[nH]2)cn1. The van der Waals surface area contributed by atoms with Crippen molar-refractivity contribution < 1.29 is 14.3 Å². The number of nitrogens with one attached hydrogen (secondary N) is 2. The summed E-state index contributed by atoms with van der Waals surface area (Å²) in [4.78, 5) is 19.8. The molecule has 0 saturated carbocycles. The van der Waals surface area contributed by atoms with Gasteiger partial charge < -0.3 is 19.8 Å². The van der Waals surface area contributed by atoms with Gasteiger partial charge in [-0.25, -0.2) is 4.98 Å². The molecule has 136 valence electrons. The molecule has 3 rings (SSSR count). The van der Waals surface area contributed by atoms with Crippen molar-refractivity contribution in [1.82, 2.24) is 15.3 Å². The number of aromatic amines is 1. The number of aryl methyl sites for hydroxylation is 2. The van der Waals surface area contributed by atoms with Crippen molar-refractivity contribution in [3.8, 4) is 5.88 Å². The molecule has 3 aromatic rings. The first kappa shape index (κ1) is 17.9. The van der Waals surface area contributed by atoms with Gasteiger partial charge in [-0.3, -0.25) is 4.79 Å². The average Bonchev–Trinajstić information content (AvgIpc) is 3.09. The number of methoxy groups -OCH3 is 1. The van der Waals surface area contributed by atoms with Crippen molar-refractivity contribution in [1.29, 1.82) is 0 Å². The van der Waals surface area contributed by atoms with E-state index in [1.807, 2.05) is 18.2 Å². The Kier molecular flexibility index (Phi) is 5.53. The van der Waals surface area contributed by atoms with Crippen LogP contribution in [0.4, 0.5) is 0 Å². The zero-order valence-electron chi connectivity index (χ0n) is 15.3. The fourth-order valence-corrected chi connectivity index (χ4v) is 2.69. The molecule has 2 N–H and O–H groups in total. The number of rotatable bonds is 7. The number of carbonyl (C=O) groups is 1. The minimum atomic E-state index is -0.140. The Labute approximate surface area is 152 Å². The maximum atomic E-state index is 12.4. The molecule has 6 nitrogen and oxygen atoms in total. The van der Waals surface area contributed by atoms with Crippen LogP contribution in [0.15, 0.2) is 36.5 Å². The van der Waals surface area contributed by atoms with Crippen LogP contribution in [-0.4, -0.2) is 36.2 Å². The first-order chi connectivity index (χ1) is 12.6. The van der Waals surface area contributed by atoms with E-state index in [4.69, 9.17) is 9.47 Å². The molecule has 2 heterocycles. The summed E-state index contributed by atoms with van der Waals surface area (Å²) in [6.07, 6.45) is 1.70. The Bertz CT molecular complexity index is 901. The molecule has 0 aliphatic rings. The summed E-state index contributed by atoms with van der Waals surface area (Å²) in [5.41, 5.74) is 4.83. The smallest absolute Gasteiger partial charge is 0.267 e. The number of benzene rings is 1. The largest absolute Gasteiger partial charge is 0.475 e. The molecule has 0 atom stereocenters. The number of nitrogens with zero attached hydrogens (tertiary/aromatic N) is 1. The van der Waals surface area contributed by atoms with Gasteiger partial charge in [0.05, 0.1) is 6.61 Å². The van der Waals surface area contributed by atoms with Crippen molar-refractivity contribution in [2.45, 2.75) is 20.4 Å². The molecule has 1 aromatic carbocycles. The molecular formula is C20H23N3O3. The predicted molar refractivity (Wildman–Crippen MR) is 101 cm³/mol. The third-order valence-electron chi connectivity index (χ3n) is 4.38. The van der Waals surface area contributed by atoms with Crippen LogP contribution < -0.4 is 10.1 Å². The summed E-state index contributed by atoms with van der Waals surface area (Å²) in [6, 6.07) is 9.62. The standard InChI is InChI=1S/C20H23N3O3/c1-13-4-6-17-16(14(13)2)10-18(23-17)20(24)22-12-15-5-7-19(21-11-15)26-9-8-25-3/h4-7,10-11,23H,8-9,12H2,1-3H3,(H,22,24).